The molecule has 0 aromatic rings. The molecule has 0 aromatic carbocycles. The van der Waals surface area contributed by atoms with Crippen LogP contribution in [-0.4, -0.2) is 24.1 Å². The summed E-state index contributed by atoms with van der Waals surface area (Å²) in [5, 5.41) is 0. The second kappa shape index (κ2) is 9.76. The van der Waals surface area contributed by atoms with E-state index in [1.54, 1.807) is 0 Å². The third-order valence-electron chi connectivity index (χ3n) is 6.60. The van der Waals surface area contributed by atoms with E-state index in [2.05, 4.69) is 83.1 Å². The van der Waals surface area contributed by atoms with Crippen molar-refractivity contribution in [2.75, 3.05) is 0 Å². The molecule has 0 amide bonds. The zero-order valence-corrected chi connectivity index (χ0v) is 19.2. The fraction of sp³-hybridized carbons (Fsp3) is 1.00. The molecule has 3 atom stereocenters. The Hall–Kier alpha value is -0.0551. The summed E-state index contributed by atoms with van der Waals surface area (Å²) in [6.45, 7) is 26.0. The summed E-state index contributed by atoms with van der Waals surface area (Å²) >= 11 is 0. The van der Waals surface area contributed by atoms with Gasteiger partial charge in [0.15, 0.2) is 0 Å². The highest BCUT2D eigenvalue weighted by molar-refractivity contribution is 6.36. The quantitative estimate of drug-likeness (QED) is 0.374. The summed E-state index contributed by atoms with van der Waals surface area (Å²) in [6, 6.07) is 0. The van der Waals surface area contributed by atoms with E-state index < -0.39 is 7.32 Å². The predicted octanol–water partition coefficient (Wildman–Crippen LogP) is 6.50. The summed E-state index contributed by atoms with van der Waals surface area (Å²) in [4.78, 5) is 0. The Morgan fingerprint density at radius 2 is 0.760 bits per heavy atom. The van der Waals surface area contributed by atoms with Gasteiger partial charge in [-0.05, 0) is 59.3 Å². The van der Waals surface area contributed by atoms with Gasteiger partial charge >= 0.3 is 7.32 Å². The SMILES string of the molecule is CCC(C)C(C)(C)OB(OC(C)(C)C(C)CC)OC(C)(C)C(C)CC. The van der Waals surface area contributed by atoms with Crippen LogP contribution in [-0.2, 0) is 14.0 Å². The first-order valence-electron chi connectivity index (χ1n) is 10.3. The van der Waals surface area contributed by atoms with E-state index in [9.17, 15) is 0 Å². The van der Waals surface area contributed by atoms with Crippen LogP contribution in [0.2, 0.25) is 0 Å². The maximum atomic E-state index is 6.41. The molecule has 3 nitrogen and oxygen atoms in total. The van der Waals surface area contributed by atoms with Gasteiger partial charge in [-0.25, -0.2) is 0 Å². The molecule has 0 rings (SSSR count). The minimum absolute atomic E-state index is 0.309. The van der Waals surface area contributed by atoms with Crippen LogP contribution in [0.5, 0.6) is 0 Å². The van der Waals surface area contributed by atoms with Crippen molar-refractivity contribution in [1.29, 1.82) is 0 Å². The summed E-state index contributed by atoms with van der Waals surface area (Å²) in [5.41, 5.74) is -0.927. The average Bonchev–Trinajstić information content (AvgIpc) is 2.50. The molecule has 25 heavy (non-hydrogen) atoms. The van der Waals surface area contributed by atoms with E-state index in [0.29, 0.717) is 17.8 Å². The maximum absolute atomic E-state index is 6.41. The van der Waals surface area contributed by atoms with Crippen LogP contribution in [0.4, 0.5) is 0 Å². The minimum atomic E-state index is -0.669. The topological polar surface area (TPSA) is 27.7 Å². The van der Waals surface area contributed by atoms with Gasteiger partial charge in [0.05, 0.1) is 16.8 Å². The van der Waals surface area contributed by atoms with Crippen molar-refractivity contribution in [2.45, 2.75) is 119 Å². The lowest BCUT2D eigenvalue weighted by Gasteiger charge is -2.42. The van der Waals surface area contributed by atoms with Gasteiger partial charge in [-0.3, -0.25) is 0 Å². The first kappa shape index (κ1) is 24.9. The van der Waals surface area contributed by atoms with Crippen molar-refractivity contribution in [1.82, 2.24) is 0 Å². The summed E-state index contributed by atoms with van der Waals surface area (Å²) in [7, 11) is -0.669. The van der Waals surface area contributed by atoms with Crippen molar-refractivity contribution in [3.63, 3.8) is 0 Å². The second-order valence-corrected chi connectivity index (χ2v) is 9.38. The van der Waals surface area contributed by atoms with Gasteiger partial charge in [0.25, 0.3) is 0 Å². The molecule has 0 N–H and O–H groups in total. The summed E-state index contributed by atoms with van der Waals surface area (Å²) < 4.78 is 19.2. The Morgan fingerprint density at radius 1 is 0.560 bits per heavy atom. The summed E-state index contributed by atoms with van der Waals surface area (Å²) in [5.74, 6) is 1.25. The molecule has 150 valence electrons. The molecule has 0 bridgehead atoms. The van der Waals surface area contributed by atoms with Gasteiger partial charge in [-0.2, -0.15) is 0 Å². The molecule has 0 saturated heterocycles. The number of hydrogen-bond donors (Lipinski definition) is 0. The normalized spacial score (nSPS) is 17.3. The molecule has 0 aliphatic heterocycles. The molecule has 0 aliphatic rings. The zero-order valence-electron chi connectivity index (χ0n) is 19.2. The molecule has 0 spiro atoms. The fourth-order valence-corrected chi connectivity index (χ4v) is 2.64. The van der Waals surface area contributed by atoms with Crippen molar-refractivity contribution >= 4 is 7.32 Å². The predicted molar refractivity (Wildman–Crippen MR) is 110 cm³/mol. The molecule has 3 unspecified atom stereocenters. The highest BCUT2D eigenvalue weighted by atomic mass is 16.8. The highest BCUT2D eigenvalue weighted by Gasteiger charge is 2.43. The van der Waals surface area contributed by atoms with Crippen molar-refractivity contribution in [3.05, 3.63) is 0 Å². The van der Waals surface area contributed by atoms with Gasteiger partial charge in [-0.1, -0.05) is 60.8 Å². The molecule has 0 aliphatic carbocycles. The Morgan fingerprint density at radius 3 is 0.920 bits per heavy atom. The van der Waals surface area contributed by atoms with Crippen LogP contribution in [0.25, 0.3) is 0 Å². The third kappa shape index (κ3) is 7.60. The fourth-order valence-electron chi connectivity index (χ4n) is 2.64. The standard InChI is InChI=1S/C21H45BO3/c1-13-16(4)19(7,8)23-22(24-20(9,10)17(5)14-2)25-21(11,12)18(6)15-3/h16-18H,13-15H2,1-12H3. The van der Waals surface area contributed by atoms with E-state index >= 15 is 0 Å². The smallest absolute Gasteiger partial charge is 0.381 e. The lowest BCUT2D eigenvalue weighted by Crippen LogP contribution is -2.51. The van der Waals surface area contributed by atoms with Crippen LogP contribution in [0.1, 0.15) is 102 Å². The zero-order chi connectivity index (χ0) is 20.1. The molecule has 0 radical (unpaired) electrons. The third-order valence-corrected chi connectivity index (χ3v) is 6.60. The Kier molecular flexibility index (Phi) is 9.74. The van der Waals surface area contributed by atoms with E-state index in [4.69, 9.17) is 14.0 Å². The minimum Gasteiger partial charge on any atom is -0.381 e. The molecule has 0 fully saturated rings. The molecule has 0 saturated carbocycles. The molecule has 4 heteroatoms. The lowest BCUT2D eigenvalue weighted by molar-refractivity contribution is -0.101. The van der Waals surface area contributed by atoms with E-state index in [1.165, 1.54) is 0 Å². The first-order valence-corrected chi connectivity index (χ1v) is 10.3. The van der Waals surface area contributed by atoms with Crippen LogP contribution >= 0.6 is 0 Å². The van der Waals surface area contributed by atoms with E-state index in [1.807, 2.05) is 0 Å². The van der Waals surface area contributed by atoms with Crippen molar-refractivity contribution < 1.29 is 14.0 Å². The second-order valence-electron chi connectivity index (χ2n) is 9.38. The van der Waals surface area contributed by atoms with Crippen LogP contribution < -0.4 is 0 Å². The maximum Gasteiger partial charge on any atom is 0.640 e. The highest BCUT2D eigenvalue weighted by Crippen LogP contribution is 2.33. The van der Waals surface area contributed by atoms with Crippen LogP contribution in [0.3, 0.4) is 0 Å². The van der Waals surface area contributed by atoms with Gasteiger partial charge in [-0.15, -0.1) is 0 Å². The number of rotatable bonds is 12. The largest absolute Gasteiger partial charge is 0.640 e. The molecular formula is C21H45BO3. The molecule has 0 aromatic heterocycles. The summed E-state index contributed by atoms with van der Waals surface area (Å²) in [6.07, 6.45) is 3.18. The van der Waals surface area contributed by atoms with Gasteiger partial charge in [0.2, 0.25) is 0 Å². The van der Waals surface area contributed by atoms with Crippen LogP contribution in [0, 0.1) is 17.8 Å². The van der Waals surface area contributed by atoms with Crippen LogP contribution in [0.15, 0.2) is 0 Å². The Balaban J connectivity index is 5.45. The van der Waals surface area contributed by atoms with E-state index in [0.717, 1.165) is 19.3 Å². The first-order chi connectivity index (χ1) is 11.2. The average molecular weight is 356 g/mol. The van der Waals surface area contributed by atoms with Gasteiger partial charge < -0.3 is 14.0 Å². The molecule has 0 heterocycles. The lowest BCUT2D eigenvalue weighted by atomic mass is 9.85. The van der Waals surface area contributed by atoms with Crippen molar-refractivity contribution in [3.8, 4) is 0 Å². The van der Waals surface area contributed by atoms with Crippen molar-refractivity contribution in [2.24, 2.45) is 17.8 Å². The molecular weight excluding hydrogens is 311 g/mol. The van der Waals surface area contributed by atoms with Gasteiger partial charge in [0, 0.05) is 0 Å². The monoisotopic (exact) mass is 356 g/mol. The number of hydrogen-bond acceptors (Lipinski definition) is 3. The Labute approximate surface area is 158 Å². The van der Waals surface area contributed by atoms with Gasteiger partial charge in [0.1, 0.15) is 0 Å². The Bertz CT molecular complexity index is 322. The van der Waals surface area contributed by atoms with E-state index in [-0.39, 0.29) is 16.8 Å².